The molecule has 1 aromatic carbocycles. The number of halogens is 2. The van der Waals surface area contributed by atoms with E-state index in [-0.39, 0.29) is 29.8 Å². The second kappa shape index (κ2) is 6.57. The van der Waals surface area contributed by atoms with Crippen LogP contribution in [0.3, 0.4) is 0 Å². The van der Waals surface area contributed by atoms with Crippen molar-refractivity contribution in [2.45, 2.75) is 38.1 Å². The van der Waals surface area contributed by atoms with Gasteiger partial charge in [-0.25, -0.2) is 0 Å². The molecule has 3 N–H and O–H groups in total. The Morgan fingerprint density at radius 2 is 1.83 bits per heavy atom. The number of nitrogens with zero attached hydrogens (tertiary/aromatic N) is 1. The Hall–Kier alpha value is -1.46. The summed E-state index contributed by atoms with van der Waals surface area (Å²) in [5.74, 6) is -0.445. The van der Waals surface area contributed by atoms with Crippen LogP contribution >= 0.6 is 23.2 Å². The molecule has 0 radical (unpaired) electrons. The van der Waals surface area contributed by atoms with Crippen molar-refractivity contribution in [1.29, 1.82) is 0 Å². The van der Waals surface area contributed by atoms with E-state index in [1.807, 2.05) is 4.90 Å². The van der Waals surface area contributed by atoms with Gasteiger partial charge in [0.2, 0.25) is 11.8 Å². The van der Waals surface area contributed by atoms with Gasteiger partial charge < -0.3 is 16.0 Å². The number of carbonyl (C=O) groups is 2. The molecule has 1 aromatic rings. The lowest BCUT2D eigenvalue weighted by molar-refractivity contribution is -0.129. The van der Waals surface area contributed by atoms with Gasteiger partial charge in [-0.05, 0) is 25.0 Å². The first-order valence-electron chi connectivity index (χ1n) is 7.80. The largest absolute Gasteiger partial charge is 0.396 e. The average Bonchev–Trinajstić information content (AvgIpc) is 3.13. The molecule has 1 aliphatic carbocycles. The number of amides is 2. The van der Waals surface area contributed by atoms with E-state index in [9.17, 15) is 9.59 Å². The van der Waals surface area contributed by atoms with Gasteiger partial charge in [0.25, 0.3) is 0 Å². The lowest BCUT2D eigenvalue weighted by Gasteiger charge is -2.23. The predicted octanol–water partition coefficient (Wildman–Crippen LogP) is 3.31. The Morgan fingerprint density at radius 1 is 1.22 bits per heavy atom. The summed E-state index contributed by atoms with van der Waals surface area (Å²) in [7, 11) is 0. The number of hydrogen-bond donors (Lipinski definition) is 2. The van der Waals surface area contributed by atoms with Crippen molar-refractivity contribution in [1.82, 2.24) is 4.90 Å². The van der Waals surface area contributed by atoms with E-state index in [1.54, 1.807) is 12.1 Å². The van der Waals surface area contributed by atoms with Gasteiger partial charge in [-0.2, -0.15) is 0 Å². The van der Waals surface area contributed by atoms with Crippen LogP contribution in [0, 0.1) is 5.92 Å². The maximum absolute atomic E-state index is 12.4. The van der Waals surface area contributed by atoms with Gasteiger partial charge in [0.05, 0.1) is 21.7 Å². The standard InChI is InChI=1S/C16H19Cl2N3O2/c17-12-6-10(7-13(18)15(12)19)20-16(23)9-5-14(22)21(8-9)11-3-1-2-4-11/h6-7,9,11H,1-5,8,19H2,(H,20,23). The third-order valence-electron chi connectivity index (χ3n) is 4.64. The third kappa shape index (κ3) is 3.40. The van der Waals surface area contributed by atoms with Gasteiger partial charge in [0.15, 0.2) is 0 Å². The molecule has 0 aromatic heterocycles. The summed E-state index contributed by atoms with van der Waals surface area (Å²) in [5, 5.41) is 3.37. The van der Waals surface area contributed by atoms with Crippen LogP contribution in [0.1, 0.15) is 32.1 Å². The van der Waals surface area contributed by atoms with Crippen molar-refractivity contribution in [2.24, 2.45) is 5.92 Å². The van der Waals surface area contributed by atoms with Gasteiger partial charge in [-0.3, -0.25) is 9.59 Å². The van der Waals surface area contributed by atoms with Crippen LogP contribution in [0.25, 0.3) is 0 Å². The fourth-order valence-electron chi connectivity index (χ4n) is 3.38. The molecular weight excluding hydrogens is 337 g/mol. The molecule has 2 amide bonds. The molecule has 124 valence electrons. The van der Waals surface area contributed by atoms with E-state index in [0.717, 1.165) is 25.7 Å². The van der Waals surface area contributed by atoms with E-state index in [0.29, 0.717) is 28.3 Å². The highest BCUT2D eigenvalue weighted by atomic mass is 35.5. The maximum atomic E-state index is 12.4. The highest BCUT2D eigenvalue weighted by Crippen LogP contribution is 2.33. The normalized spacial score (nSPS) is 21.9. The highest BCUT2D eigenvalue weighted by molar-refractivity contribution is 6.39. The maximum Gasteiger partial charge on any atom is 0.229 e. The fourth-order valence-corrected chi connectivity index (χ4v) is 3.86. The number of nitrogens with one attached hydrogen (secondary N) is 1. The minimum atomic E-state index is -0.335. The van der Waals surface area contributed by atoms with Gasteiger partial charge in [0.1, 0.15) is 0 Å². The summed E-state index contributed by atoms with van der Waals surface area (Å²) >= 11 is 11.9. The van der Waals surface area contributed by atoms with Gasteiger partial charge >= 0.3 is 0 Å². The Labute approximate surface area is 145 Å². The number of rotatable bonds is 3. The van der Waals surface area contributed by atoms with Crippen molar-refractivity contribution in [3.8, 4) is 0 Å². The third-order valence-corrected chi connectivity index (χ3v) is 5.27. The first kappa shape index (κ1) is 16.4. The van der Waals surface area contributed by atoms with Crippen molar-refractivity contribution >= 4 is 46.4 Å². The van der Waals surface area contributed by atoms with Crippen LogP contribution in [0.5, 0.6) is 0 Å². The molecule has 2 fully saturated rings. The molecule has 1 aliphatic heterocycles. The van der Waals surface area contributed by atoms with Crippen LogP contribution in [0.2, 0.25) is 10.0 Å². The van der Waals surface area contributed by atoms with Crippen molar-refractivity contribution in [3.63, 3.8) is 0 Å². The Kier molecular flexibility index (Phi) is 4.69. The molecule has 5 nitrogen and oxygen atoms in total. The number of nitrogens with two attached hydrogens (primary N) is 1. The van der Waals surface area contributed by atoms with Gasteiger partial charge in [-0.1, -0.05) is 36.0 Å². The van der Waals surface area contributed by atoms with E-state index >= 15 is 0 Å². The zero-order valence-electron chi connectivity index (χ0n) is 12.6. The summed E-state index contributed by atoms with van der Waals surface area (Å²) in [6.45, 7) is 0.492. The van der Waals surface area contributed by atoms with Crippen LogP contribution in [0.15, 0.2) is 12.1 Å². The van der Waals surface area contributed by atoms with Crippen molar-refractivity contribution < 1.29 is 9.59 Å². The molecule has 0 bridgehead atoms. The lowest BCUT2D eigenvalue weighted by atomic mass is 10.1. The minimum absolute atomic E-state index is 0.0745. The van der Waals surface area contributed by atoms with Crippen LogP contribution in [-0.2, 0) is 9.59 Å². The summed E-state index contributed by atoms with van der Waals surface area (Å²) in [6.07, 6.45) is 4.67. The number of anilines is 2. The average molecular weight is 356 g/mol. The molecule has 1 atom stereocenters. The Morgan fingerprint density at radius 3 is 2.43 bits per heavy atom. The number of carbonyl (C=O) groups excluding carboxylic acids is 2. The summed E-state index contributed by atoms with van der Waals surface area (Å²) in [4.78, 5) is 26.5. The fraction of sp³-hybridized carbons (Fsp3) is 0.500. The van der Waals surface area contributed by atoms with Crippen LogP contribution in [0.4, 0.5) is 11.4 Å². The number of benzene rings is 1. The Balaban J connectivity index is 1.66. The number of hydrogen-bond acceptors (Lipinski definition) is 3. The van der Waals surface area contributed by atoms with E-state index < -0.39 is 0 Å². The molecule has 7 heteroatoms. The summed E-state index contributed by atoms with van der Waals surface area (Å²) < 4.78 is 0. The Bertz CT molecular complexity index is 621. The first-order valence-corrected chi connectivity index (χ1v) is 8.56. The number of nitrogen functional groups attached to an aromatic ring is 1. The smallest absolute Gasteiger partial charge is 0.229 e. The summed E-state index contributed by atoms with van der Waals surface area (Å²) in [5.41, 5.74) is 6.46. The second-order valence-corrected chi connectivity index (χ2v) is 7.04. The molecular formula is C16H19Cl2N3O2. The van der Waals surface area contributed by atoms with E-state index in [1.165, 1.54) is 0 Å². The topological polar surface area (TPSA) is 75.4 Å². The predicted molar refractivity (Wildman–Crippen MR) is 91.6 cm³/mol. The van der Waals surface area contributed by atoms with Crippen LogP contribution < -0.4 is 11.1 Å². The van der Waals surface area contributed by atoms with E-state index in [4.69, 9.17) is 28.9 Å². The SMILES string of the molecule is Nc1c(Cl)cc(NC(=O)C2CC(=O)N(C3CCCC3)C2)cc1Cl. The molecule has 2 aliphatic rings. The molecule has 3 rings (SSSR count). The van der Waals surface area contributed by atoms with Gasteiger partial charge in [0, 0.05) is 24.7 Å². The molecule has 1 unspecified atom stereocenters. The van der Waals surface area contributed by atoms with Crippen molar-refractivity contribution in [3.05, 3.63) is 22.2 Å². The molecule has 0 spiro atoms. The van der Waals surface area contributed by atoms with Crippen molar-refractivity contribution in [2.75, 3.05) is 17.6 Å². The van der Waals surface area contributed by atoms with Crippen LogP contribution in [-0.4, -0.2) is 29.3 Å². The quantitative estimate of drug-likeness (QED) is 0.816. The highest BCUT2D eigenvalue weighted by Gasteiger charge is 2.38. The molecule has 23 heavy (non-hydrogen) atoms. The zero-order valence-corrected chi connectivity index (χ0v) is 14.2. The van der Waals surface area contributed by atoms with Gasteiger partial charge in [-0.15, -0.1) is 0 Å². The second-order valence-electron chi connectivity index (χ2n) is 6.23. The monoisotopic (exact) mass is 355 g/mol. The lowest BCUT2D eigenvalue weighted by Crippen LogP contribution is -2.35. The number of likely N-dealkylation sites (tertiary alicyclic amines) is 1. The first-order chi connectivity index (χ1) is 11.0. The minimum Gasteiger partial charge on any atom is -0.396 e. The summed E-state index contributed by atoms with van der Waals surface area (Å²) in [6, 6.07) is 3.43. The molecule has 1 heterocycles. The van der Waals surface area contributed by atoms with E-state index in [2.05, 4.69) is 5.32 Å². The zero-order chi connectivity index (χ0) is 16.6. The molecule has 1 saturated carbocycles. The molecule has 1 saturated heterocycles.